The predicted molar refractivity (Wildman–Crippen MR) is 149 cm³/mol. The highest BCUT2D eigenvalue weighted by Crippen LogP contribution is 2.37. The van der Waals surface area contributed by atoms with Gasteiger partial charge in [-0.1, -0.05) is 59.9 Å². The Hall–Kier alpha value is -4.43. The fourth-order valence-corrected chi connectivity index (χ4v) is 6.19. The van der Waals surface area contributed by atoms with Crippen LogP contribution in [0, 0.1) is 0 Å². The van der Waals surface area contributed by atoms with E-state index < -0.39 is 12.0 Å². The van der Waals surface area contributed by atoms with Gasteiger partial charge in [-0.25, -0.2) is 9.79 Å². The van der Waals surface area contributed by atoms with Crippen LogP contribution in [0.2, 0.25) is 0 Å². The molecule has 1 atom stereocenters. The molecule has 0 amide bonds. The van der Waals surface area contributed by atoms with Crippen molar-refractivity contribution in [1.29, 1.82) is 0 Å². The molecule has 7 nitrogen and oxygen atoms in total. The molecule has 0 bridgehead atoms. The SMILES string of the molecule is CCOC(=O)C1=C(C)N=c2s/c(=C\c3c[nH]c4ccccc34)c(=O)n2[C@@H]1c1ccc(OC)c2ccccc12. The smallest absolute Gasteiger partial charge is 0.338 e. The molecule has 3 heterocycles. The van der Waals surface area contributed by atoms with Gasteiger partial charge in [0.2, 0.25) is 0 Å². The maximum Gasteiger partial charge on any atom is 0.338 e. The average molecular weight is 524 g/mol. The third-order valence-corrected chi connectivity index (χ3v) is 7.84. The molecule has 5 aromatic rings. The second-order valence-corrected chi connectivity index (χ2v) is 10.0. The van der Waals surface area contributed by atoms with Crippen molar-refractivity contribution in [2.45, 2.75) is 19.9 Å². The Kier molecular flexibility index (Phi) is 5.96. The van der Waals surface area contributed by atoms with Crippen LogP contribution in [0.25, 0.3) is 27.8 Å². The predicted octanol–water partition coefficient (Wildman–Crippen LogP) is 4.44. The third kappa shape index (κ3) is 3.76. The van der Waals surface area contributed by atoms with Crippen molar-refractivity contribution in [1.82, 2.24) is 9.55 Å². The Labute approximate surface area is 222 Å². The van der Waals surface area contributed by atoms with Crippen molar-refractivity contribution in [3.63, 3.8) is 0 Å². The normalized spacial score (nSPS) is 15.6. The first kappa shape index (κ1) is 23.9. The van der Waals surface area contributed by atoms with Crippen molar-refractivity contribution in [3.05, 3.63) is 109 Å². The number of H-pyrrole nitrogens is 1. The van der Waals surface area contributed by atoms with Gasteiger partial charge in [-0.05, 0) is 43.0 Å². The van der Waals surface area contributed by atoms with Crippen molar-refractivity contribution >= 4 is 45.1 Å². The molecular weight excluding hydrogens is 498 g/mol. The molecule has 6 rings (SSSR count). The lowest BCUT2D eigenvalue weighted by Gasteiger charge is -2.26. The number of aromatic amines is 1. The fourth-order valence-electron chi connectivity index (χ4n) is 5.15. The van der Waals surface area contributed by atoms with Gasteiger partial charge in [-0.2, -0.15) is 0 Å². The zero-order chi connectivity index (χ0) is 26.4. The van der Waals surface area contributed by atoms with Crippen LogP contribution < -0.4 is 19.6 Å². The summed E-state index contributed by atoms with van der Waals surface area (Å²) in [6.07, 6.45) is 3.78. The molecule has 3 aromatic carbocycles. The molecule has 1 aliphatic rings. The standard InChI is InChI=1S/C30H25N3O4S/c1-4-37-29(35)26-17(2)32-30-33(27(26)22-13-14-24(36-3)21-11-6-5-10-20(21)22)28(34)25(38-30)15-18-16-31-23-12-8-7-9-19(18)23/h5-16,27,31H,4H2,1-3H3/b25-15-/t27-/m1/s1. The number of nitrogens with one attached hydrogen (secondary N) is 1. The molecule has 8 heteroatoms. The van der Waals surface area contributed by atoms with Crippen LogP contribution in [0.1, 0.15) is 31.0 Å². The molecule has 0 fully saturated rings. The number of ether oxygens (including phenoxy) is 2. The first-order chi connectivity index (χ1) is 18.5. The molecule has 38 heavy (non-hydrogen) atoms. The molecular formula is C30H25N3O4S. The summed E-state index contributed by atoms with van der Waals surface area (Å²) in [5.74, 6) is 0.235. The molecule has 0 spiro atoms. The number of nitrogens with zero attached hydrogens (tertiary/aromatic N) is 2. The van der Waals surface area contributed by atoms with Gasteiger partial charge in [0.05, 0.1) is 35.6 Å². The van der Waals surface area contributed by atoms with Gasteiger partial charge < -0.3 is 14.5 Å². The van der Waals surface area contributed by atoms with Gasteiger partial charge in [0.1, 0.15) is 5.75 Å². The quantitative estimate of drug-likeness (QED) is 0.345. The number of allylic oxidation sites excluding steroid dienone is 1. The number of carbonyl (C=O) groups is 1. The van der Waals surface area contributed by atoms with Crippen LogP contribution in [-0.4, -0.2) is 29.2 Å². The first-order valence-corrected chi connectivity index (χ1v) is 13.1. The molecule has 0 radical (unpaired) electrons. The second-order valence-electron chi connectivity index (χ2n) is 8.99. The van der Waals surface area contributed by atoms with E-state index in [0.29, 0.717) is 20.6 Å². The number of carbonyl (C=O) groups excluding carboxylic acids is 1. The minimum atomic E-state index is -0.703. The minimum absolute atomic E-state index is 0.210. The molecule has 2 aromatic heterocycles. The molecule has 1 aliphatic heterocycles. The molecule has 0 aliphatic carbocycles. The lowest BCUT2D eigenvalue weighted by molar-refractivity contribution is -0.139. The van der Waals surface area contributed by atoms with Crippen LogP contribution in [0.5, 0.6) is 5.75 Å². The van der Waals surface area contributed by atoms with Gasteiger partial charge in [0, 0.05) is 28.0 Å². The first-order valence-electron chi connectivity index (χ1n) is 12.3. The van der Waals surface area contributed by atoms with E-state index in [2.05, 4.69) is 4.98 Å². The van der Waals surface area contributed by atoms with Gasteiger partial charge in [-0.15, -0.1) is 0 Å². The van der Waals surface area contributed by atoms with E-state index in [9.17, 15) is 9.59 Å². The summed E-state index contributed by atoms with van der Waals surface area (Å²) in [4.78, 5) is 35.8. The fraction of sp³-hybridized carbons (Fsp3) is 0.167. The van der Waals surface area contributed by atoms with Crippen molar-refractivity contribution in [2.24, 2.45) is 4.99 Å². The summed E-state index contributed by atoms with van der Waals surface area (Å²) in [5.41, 5.74) is 3.39. The van der Waals surface area contributed by atoms with E-state index in [1.54, 1.807) is 25.5 Å². The highest BCUT2D eigenvalue weighted by Gasteiger charge is 2.34. The van der Waals surface area contributed by atoms with Crippen LogP contribution >= 0.6 is 11.3 Å². The summed E-state index contributed by atoms with van der Waals surface area (Å²) >= 11 is 1.31. The Morgan fingerprint density at radius 3 is 2.58 bits per heavy atom. The molecule has 1 N–H and O–H groups in total. The van der Waals surface area contributed by atoms with Gasteiger partial charge in [-0.3, -0.25) is 9.36 Å². The molecule has 0 unspecified atom stereocenters. The van der Waals surface area contributed by atoms with Crippen molar-refractivity contribution < 1.29 is 14.3 Å². The molecule has 190 valence electrons. The number of aromatic nitrogens is 2. The van der Waals surface area contributed by atoms with Gasteiger partial charge >= 0.3 is 5.97 Å². The molecule has 0 saturated heterocycles. The number of hydrogen-bond donors (Lipinski definition) is 1. The van der Waals surface area contributed by atoms with E-state index in [4.69, 9.17) is 14.5 Å². The molecule has 0 saturated carbocycles. The van der Waals surface area contributed by atoms with Crippen LogP contribution in [0.15, 0.2) is 87.9 Å². The number of para-hydroxylation sites is 1. The van der Waals surface area contributed by atoms with E-state index in [1.165, 1.54) is 11.3 Å². The monoisotopic (exact) mass is 523 g/mol. The number of rotatable bonds is 5. The van der Waals surface area contributed by atoms with E-state index in [0.717, 1.165) is 38.6 Å². The second kappa shape index (κ2) is 9.46. The zero-order valence-electron chi connectivity index (χ0n) is 21.1. The summed E-state index contributed by atoms with van der Waals surface area (Å²) in [6.45, 7) is 3.78. The summed E-state index contributed by atoms with van der Waals surface area (Å²) in [7, 11) is 1.63. The number of esters is 1. The van der Waals surface area contributed by atoms with Crippen LogP contribution in [0.3, 0.4) is 0 Å². The lowest BCUT2D eigenvalue weighted by atomic mass is 9.91. The lowest BCUT2D eigenvalue weighted by Crippen LogP contribution is -2.40. The topological polar surface area (TPSA) is 85.7 Å². The number of methoxy groups -OCH3 is 1. The highest BCUT2D eigenvalue weighted by molar-refractivity contribution is 7.07. The largest absolute Gasteiger partial charge is 0.496 e. The van der Waals surface area contributed by atoms with E-state index >= 15 is 0 Å². The Bertz CT molecular complexity index is 1940. The Morgan fingerprint density at radius 1 is 1.08 bits per heavy atom. The maximum atomic E-state index is 14.0. The zero-order valence-corrected chi connectivity index (χ0v) is 22.0. The summed E-state index contributed by atoms with van der Waals surface area (Å²) in [6, 6.07) is 18.9. The van der Waals surface area contributed by atoms with Crippen molar-refractivity contribution in [3.8, 4) is 5.75 Å². The summed E-state index contributed by atoms with van der Waals surface area (Å²) in [5, 5.41) is 2.81. The minimum Gasteiger partial charge on any atom is -0.496 e. The Balaban J connectivity index is 1.64. The maximum absolute atomic E-state index is 14.0. The van der Waals surface area contributed by atoms with Gasteiger partial charge in [0.25, 0.3) is 5.56 Å². The summed E-state index contributed by atoms with van der Waals surface area (Å²) < 4.78 is 13.2. The van der Waals surface area contributed by atoms with Crippen LogP contribution in [-0.2, 0) is 9.53 Å². The van der Waals surface area contributed by atoms with Crippen LogP contribution in [0.4, 0.5) is 0 Å². The third-order valence-electron chi connectivity index (χ3n) is 6.86. The Morgan fingerprint density at radius 2 is 1.82 bits per heavy atom. The highest BCUT2D eigenvalue weighted by atomic mass is 32.1. The number of benzene rings is 3. The number of fused-ring (bicyclic) bond motifs is 3. The van der Waals surface area contributed by atoms with E-state index in [-0.39, 0.29) is 12.2 Å². The van der Waals surface area contributed by atoms with Gasteiger partial charge in [0.15, 0.2) is 4.80 Å². The average Bonchev–Trinajstić information content (AvgIpc) is 3.48. The number of thiazole rings is 1. The van der Waals surface area contributed by atoms with E-state index in [1.807, 2.05) is 72.9 Å². The van der Waals surface area contributed by atoms with Crippen molar-refractivity contribution in [2.75, 3.05) is 13.7 Å². The number of hydrogen-bond acceptors (Lipinski definition) is 6.